The van der Waals surface area contributed by atoms with Crippen molar-refractivity contribution in [2.24, 2.45) is 50.2 Å². The van der Waals surface area contributed by atoms with E-state index in [0.717, 1.165) is 44.9 Å². The van der Waals surface area contributed by atoms with E-state index >= 15 is 4.79 Å². The molecule has 3 saturated heterocycles. The Morgan fingerprint density at radius 1 is 0.646 bits per heavy atom. The summed E-state index contributed by atoms with van der Waals surface area (Å²) in [7, 11) is 0. The highest BCUT2D eigenvalue weighted by Gasteiger charge is 2.70. The fraction of sp³-hybridized carbons (Fsp3) is 0.938. The highest BCUT2D eigenvalue weighted by atomic mass is 16.8. The molecule has 8 rings (SSSR count). The van der Waals surface area contributed by atoms with Crippen LogP contribution in [0.3, 0.4) is 0 Å². The van der Waals surface area contributed by atoms with E-state index in [4.69, 9.17) is 28.4 Å². The molecule has 5 aliphatic carbocycles. The van der Waals surface area contributed by atoms with Crippen molar-refractivity contribution in [3.63, 3.8) is 0 Å². The van der Waals surface area contributed by atoms with Crippen LogP contribution in [0.25, 0.3) is 0 Å². The summed E-state index contributed by atoms with van der Waals surface area (Å²) in [5.74, 6) is -0.188. The Labute approximate surface area is 382 Å². The van der Waals surface area contributed by atoms with Gasteiger partial charge in [0.2, 0.25) is 6.29 Å². The van der Waals surface area contributed by atoms with Crippen LogP contribution in [-0.4, -0.2) is 168 Å². The molecular weight excluding hydrogens is 849 g/mol. The lowest BCUT2D eigenvalue weighted by Crippen LogP contribution is -2.66. The van der Waals surface area contributed by atoms with Gasteiger partial charge in [0.25, 0.3) is 0 Å². The van der Waals surface area contributed by atoms with Crippen LogP contribution in [0.4, 0.5) is 0 Å². The number of rotatable bonds is 8. The van der Waals surface area contributed by atoms with Gasteiger partial charge in [0.05, 0.1) is 30.8 Å². The lowest BCUT2D eigenvalue weighted by atomic mass is 9.33. The Morgan fingerprint density at radius 3 is 1.88 bits per heavy atom. The van der Waals surface area contributed by atoms with Crippen LogP contribution in [-0.2, 0) is 33.2 Å². The normalized spacial score (nSPS) is 53.9. The molecule has 0 aromatic heterocycles. The first-order chi connectivity index (χ1) is 30.3. The molecule has 10 N–H and O–H groups in total. The Kier molecular flexibility index (Phi) is 13.4. The molecule has 0 unspecified atom stereocenters. The number of allylic oxidation sites excluding steroid dienone is 2. The summed E-state index contributed by atoms with van der Waals surface area (Å²) < 4.78 is 36.2. The Bertz CT molecular complexity index is 1780. The molecule has 17 nitrogen and oxygen atoms in total. The maximum absolute atomic E-state index is 15.2. The van der Waals surface area contributed by atoms with Gasteiger partial charge in [-0.05, 0) is 116 Å². The van der Waals surface area contributed by atoms with E-state index in [1.807, 2.05) is 0 Å². The van der Waals surface area contributed by atoms with E-state index in [1.54, 1.807) is 0 Å². The van der Waals surface area contributed by atoms with Gasteiger partial charge >= 0.3 is 5.97 Å². The van der Waals surface area contributed by atoms with Crippen molar-refractivity contribution in [2.75, 3.05) is 13.2 Å². The molecule has 3 heterocycles. The molecule has 17 heteroatoms. The number of carbonyl (C=O) groups excluding carboxylic acids is 1. The predicted molar refractivity (Wildman–Crippen MR) is 229 cm³/mol. The van der Waals surface area contributed by atoms with Crippen LogP contribution in [0.2, 0.25) is 0 Å². The minimum absolute atomic E-state index is 0.0931. The number of esters is 1. The molecule has 0 aromatic rings. The second-order valence-corrected chi connectivity index (χ2v) is 23.4. The third-order valence-corrected chi connectivity index (χ3v) is 19.3. The lowest BCUT2D eigenvalue weighted by molar-refractivity contribution is -0.361. The molecule has 4 saturated carbocycles. The number of hydrogen-bond acceptors (Lipinski definition) is 17. The van der Waals surface area contributed by atoms with Crippen molar-refractivity contribution >= 4 is 5.97 Å². The molecule has 0 spiro atoms. The van der Waals surface area contributed by atoms with Gasteiger partial charge in [-0.3, -0.25) is 4.79 Å². The number of aliphatic hydroxyl groups is 10. The highest BCUT2D eigenvalue weighted by molar-refractivity contribution is 5.79. The van der Waals surface area contributed by atoms with Crippen molar-refractivity contribution in [2.45, 2.75) is 218 Å². The van der Waals surface area contributed by atoms with Crippen molar-refractivity contribution in [3.05, 3.63) is 11.6 Å². The fourth-order valence-electron chi connectivity index (χ4n) is 15.0. The second-order valence-electron chi connectivity index (χ2n) is 23.4. The van der Waals surface area contributed by atoms with E-state index in [2.05, 4.69) is 54.5 Å². The van der Waals surface area contributed by atoms with Gasteiger partial charge in [-0.25, -0.2) is 0 Å². The van der Waals surface area contributed by atoms with Crippen molar-refractivity contribution in [3.8, 4) is 0 Å². The maximum atomic E-state index is 15.2. The minimum Gasteiger partial charge on any atom is -0.432 e. The SMILES string of the molecule is C[C@@H]1O[C@@H](O[C@H]2[C@H](OC(=O)[C@]34CCC(C)(C)C[C@H]3C3=CC[C@@H]5[C@@]6(C)CC[C@H](O[C@@H]7O[C@H](CO)[C@@H](O)[C@H](O)[C@H]7O)C(C)(C)[C@@H]6CC[C@@]5(C)[C@]3(C)CC4)O[C@H](CO)[C@@H](O)[C@@H]2O)[C@H](O)[C@H](O)[C@H]1O. The second kappa shape index (κ2) is 17.5. The topological polar surface area (TPSA) is 275 Å². The van der Waals surface area contributed by atoms with Crippen LogP contribution >= 0.6 is 0 Å². The zero-order valence-electron chi connectivity index (χ0n) is 39.4. The van der Waals surface area contributed by atoms with Gasteiger partial charge in [0, 0.05) is 0 Å². The summed E-state index contributed by atoms with van der Waals surface area (Å²) in [6.07, 6.45) is -12.4. The van der Waals surface area contributed by atoms with E-state index < -0.39 is 117 Å². The number of carbonyl (C=O) groups is 1. The quantitative estimate of drug-likeness (QED) is 0.0930. The molecule has 65 heavy (non-hydrogen) atoms. The first-order valence-electron chi connectivity index (χ1n) is 24.2. The Morgan fingerprint density at radius 2 is 1.23 bits per heavy atom. The molecule has 3 aliphatic heterocycles. The van der Waals surface area contributed by atoms with Crippen LogP contribution in [0.1, 0.15) is 120 Å². The molecule has 0 bridgehead atoms. The summed E-state index contributed by atoms with van der Waals surface area (Å²) in [6.45, 7) is 16.4. The van der Waals surface area contributed by atoms with Gasteiger partial charge in [0.15, 0.2) is 18.7 Å². The number of aliphatic hydroxyl groups excluding tert-OH is 10. The van der Waals surface area contributed by atoms with E-state index in [9.17, 15) is 51.1 Å². The fourth-order valence-corrected chi connectivity index (χ4v) is 15.0. The summed E-state index contributed by atoms with van der Waals surface area (Å²) >= 11 is 0. The van der Waals surface area contributed by atoms with E-state index in [0.29, 0.717) is 25.2 Å². The number of ether oxygens (including phenoxy) is 6. The minimum atomic E-state index is -1.75. The zero-order chi connectivity index (χ0) is 47.6. The predicted octanol–water partition coefficient (Wildman–Crippen LogP) is 1.17. The zero-order valence-corrected chi connectivity index (χ0v) is 39.4. The molecule has 372 valence electrons. The Hall–Kier alpha value is -1.39. The largest absolute Gasteiger partial charge is 0.432 e. The maximum Gasteiger partial charge on any atom is 0.315 e. The lowest BCUT2D eigenvalue weighted by Gasteiger charge is -2.71. The molecule has 0 aromatic carbocycles. The average molecular weight is 927 g/mol. The monoisotopic (exact) mass is 927 g/mol. The van der Waals surface area contributed by atoms with E-state index in [1.165, 1.54) is 12.5 Å². The van der Waals surface area contributed by atoms with Gasteiger partial charge in [-0.15, -0.1) is 0 Å². The molecular formula is C48H78O17. The smallest absolute Gasteiger partial charge is 0.315 e. The summed E-state index contributed by atoms with van der Waals surface area (Å²) in [5.41, 5.74) is -0.660. The molecule has 8 aliphatic rings. The standard InChI is InChI=1S/C48H78O17/c1-22-30(51)33(54)36(57)39(60-22)64-38-35(56)32(53)26(21-50)62-41(38)65-42(59)48-17-15-43(2,3)19-24(48)23-9-10-28-45(6)13-12-29(63-40-37(58)34(55)31(52)25(20-49)61-40)44(4,5)27(45)11-14-47(28,8)46(23,7)16-18-48/h9,22,24-41,49-58H,10-21H2,1-8H3/t22-,24-,25+,26+,27-,28+,29-,30-,31+,32+,33+,34-,35-,36+,37+,38+,39-,40-,41-,45-,46+,47+,48-/m0/s1. The van der Waals surface area contributed by atoms with Gasteiger partial charge in [-0.1, -0.05) is 60.1 Å². The molecule has 0 radical (unpaired) electrons. The van der Waals surface area contributed by atoms with Gasteiger partial charge < -0.3 is 79.5 Å². The molecule has 7 fully saturated rings. The van der Waals surface area contributed by atoms with Crippen molar-refractivity contribution in [1.82, 2.24) is 0 Å². The average Bonchev–Trinajstić information content (AvgIpc) is 3.25. The van der Waals surface area contributed by atoms with E-state index in [-0.39, 0.29) is 45.0 Å². The third-order valence-electron chi connectivity index (χ3n) is 19.3. The Balaban J connectivity index is 1.06. The van der Waals surface area contributed by atoms with Crippen molar-refractivity contribution < 1.29 is 84.3 Å². The van der Waals surface area contributed by atoms with Crippen LogP contribution in [0, 0.1) is 50.2 Å². The van der Waals surface area contributed by atoms with Crippen LogP contribution < -0.4 is 0 Å². The van der Waals surface area contributed by atoms with Crippen LogP contribution in [0.5, 0.6) is 0 Å². The summed E-state index contributed by atoms with van der Waals surface area (Å²) in [4.78, 5) is 15.2. The first-order valence-corrected chi connectivity index (χ1v) is 24.2. The first kappa shape index (κ1) is 50.0. The van der Waals surface area contributed by atoms with Crippen molar-refractivity contribution in [1.29, 1.82) is 0 Å². The number of fused-ring (bicyclic) bond motifs is 7. The number of hydrogen-bond donors (Lipinski definition) is 10. The molecule has 0 amide bonds. The summed E-state index contributed by atoms with van der Waals surface area (Å²) in [6, 6.07) is 0. The third kappa shape index (κ3) is 7.81. The highest BCUT2D eigenvalue weighted by Crippen LogP contribution is 2.76. The molecule has 23 atom stereocenters. The van der Waals surface area contributed by atoms with Gasteiger partial charge in [-0.2, -0.15) is 0 Å². The summed E-state index contributed by atoms with van der Waals surface area (Å²) in [5, 5.41) is 106. The van der Waals surface area contributed by atoms with Gasteiger partial charge in [0.1, 0.15) is 61.0 Å². The van der Waals surface area contributed by atoms with Crippen LogP contribution in [0.15, 0.2) is 11.6 Å².